The number of phenolic OH excluding ortho intramolecular Hbond substituents is 1. The SMILES string of the molecule is Cc1ccc2[nH]c3c(O)c4[nH]c5ccc(Cl)cc5c4cc3c2c1. The number of aromatic hydroxyl groups is 1. The first-order valence-electron chi connectivity index (χ1n) is 7.47. The summed E-state index contributed by atoms with van der Waals surface area (Å²) in [7, 11) is 0. The van der Waals surface area contributed by atoms with E-state index < -0.39 is 0 Å². The number of nitrogens with one attached hydrogen (secondary N) is 2. The lowest BCUT2D eigenvalue weighted by Gasteiger charge is -1.99. The number of H-pyrrole nitrogens is 2. The van der Waals surface area contributed by atoms with E-state index in [0.717, 1.165) is 43.6 Å². The zero-order chi connectivity index (χ0) is 15.7. The Balaban J connectivity index is 2.05. The van der Waals surface area contributed by atoms with Gasteiger partial charge in [-0.25, -0.2) is 0 Å². The molecule has 0 amide bonds. The van der Waals surface area contributed by atoms with Crippen LogP contribution in [0.5, 0.6) is 5.75 Å². The van der Waals surface area contributed by atoms with Crippen molar-refractivity contribution in [1.82, 2.24) is 9.97 Å². The molecule has 5 aromatic rings. The van der Waals surface area contributed by atoms with Crippen molar-refractivity contribution in [3.63, 3.8) is 0 Å². The fourth-order valence-corrected chi connectivity index (χ4v) is 3.63. The first kappa shape index (κ1) is 12.9. The van der Waals surface area contributed by atoms with Crippen LogP contribution in [0, 0.1) is 6.92 Å². The number of hydrogen-bond donors (Lipinski definition) is 3. The number of halogens is 1. The lowest BCUT2D eigenvalue weighted by Crippen LogP contribution is -1.75. The van der Waals surface area contributed by atoms with Crippen molar-refractivity contribution in [3.05, 3.63) is 53.1 Å². The van der Waals surface area contributed by atoms with E-state index in [2.05, 4.69) is 35.1 Å². The molecule has 3 nitrogen and oxygen atoms in total. The molecule has 23 heavy (non-hydrogen) atoms. The molecular weight excluding hydrogens is 308 g/mol. The summed E-state index contributed by atoms with van der Waals surface area (Å²) < 4.78 is 0. The molecule has 5 rings (SSSR count). The zero-order valence-corrected chi connectivity index (χ0v) is 13.1. The van der Waals surface area contributed by atoms with E-state index in [4.69, 9.17) is 11.6 Å². The maximum absolute atomic E-state index is 10.8. The van der Waals surface area contributed by atoms with Gasteiger partial charge in [0.15, 0.2) is 5.75 Å². The zero-order valence-electron chi connectivity index (χ0n) is 12.4. The lowest BCUT2D eigenvalue weighted by molar-refractivity contribution is 0.486. The molecule has 2 heterocycles. The molecule has 0 bridgehead atoms. The van der Waals surface area contributed by atoms with Crippen LogP contribution in [0.3, 0.4) is 0 Å². The van der Waals surface area contributed by atoms with Crippen molar-refractivity contribution < 1.29 is 5.11 Å². The van der Waals surface area contributed by atoms with E-state index in [1.807, 2.05) is 24.3 Å². The van der Waals surface area contributed by atoms with E-state index in [-0.39, 0.29) is 5.75 Å². The quantitative estimate of drug-likeness (QED) is 0.340. The van der Waals surface area contributed by atoms with Crippen molar-refractivity contribution >= 4 is 55.2 Å². The predicted molar refractivity (Wildman–Crippen MR) is 96.6 cm³/mol. The van der Waals surface area contributed by atoms with Crippen molar-refractivity contribution in [1.29, 1.82) is 0 Å². The van der Waals surface area contributed by atoms with E-state index >= 15 is 0 Å². The third kappa shape index (κ3) is 1.65. The number of benzene rings is 3. The predicted octanol–water partition coefficient (Wildman–Crippen LogP) is 5.62. The van der Waals surface area contributed by atoms with Crippen LogP contribution in [-0.2, 0) is 0 Å². The number of hydrogen-bond acceptors (Lipinski definition) is 1. The Bertz CT molecular complexity index is 1150. The summed E-state index contributed by atoms with van der Waals surface area (Å²) in [5.74, 6) is 0.249. The normalized spacial score (nSPS) is 12.1. The molecule has 4 heteroatoms. The van der Waals surface area contributed by atoms with Gasteiger partial charge in [-0.3, -0.25) is 0 Å². The highest BCUT2D eigenvalue weighted by Crippen LogP contribution is 2.40. The Hall–Kier alpha value is -2.65. The highest BCUT2D eigenvalue weighted by molar-refractivity contribution is 6.32. The molecule has 0 atom stereocenters. The van der Waals surface area contributed by atoms with Crippen LogP contribution in [0.25, 0.3) is 43.6 Å². The number of aromatic nitrogens is 2. The average Bonchev–Trinajstić information content (AvgIpc) is 3.07. The number of aromatic amines is 2. The molecule has 0 spiro atoms. The van der Waals surface area contributed by atoms with Gasteiger partial charge in [0, 0.05) is 37.6 Å². The lowest BCUT2D eigenvalue weighted by atomic mass is 10.1. The van der Waals surface area contributed by atoms with Crippen LogP contribution in [0.15, 0.2) is 42.5 Å². The summed E-state index contributed by atoms with van der Waals surface area (Å²) >= 11 is 6.15. The molecule has 0 aliphatic heterocycles. The maximum Gasteiger partial charge on any atom is 0.164 e. The van der Waals surface area contributed by atoms with Gasteiger partial charge in [-0.2, -0.15) is 0 Å². The summed E-state index contributed by atoms with van der Waals surface area (Å²) in [6, 6.07) is 14.1. The second kappa shape index (κ2) is 4.21. The number of fused-ring (bicyclic) bond motifs is 6. The minimum atomic E-state index is 0.249. The van der Waals surface area contributed by atoms with E-state index in [0.29, 0.717) is 5.02 Å². The molecule has 0 saturated heterocycles. The summed E-state index contributed by atoms with van der Waals surface area (Å²) in [5, 5.41) is 15.6. The first-order valence-corrected chi connectivity index (χ1v) is 7.84. The van der Waals surface area contributed by atoms with Gasteiger partial charge in [0.2, 0.25) is 0 Å². The largest absolute Gasteiger partial charge is 0.504 e. The van der Waals surface area contributed by atoms with Crippen LogP contribution in [0.4, 0.5) is 0 Å². The Morgan fingerprint density at radius 2 is 1.39 bits per heavy atom. The van der Waals surface area contributed by atoms with Crippen LogP contribution in [-0.4, -0.2) is 15.1 Å². The van der Waals surface area contributed by atoms with E-state index in [1.165, 1.54) is 5.56 Å². The average molecular weight is 321 g/mol. The molecule has 112 valence electrons. The van der Waals surface area contributed by atoms with Gasteiger partial charge >= 0.3 is 0 Å². The third-order valence-electron chi connectivity index (χ3n) is 4.56. The van der Waals surface area contributed by atoms with Gasteiger partial charge in [-0.05, 0) is 43.3 Å². The van der Waals surface area contributed by atoms with Gasteiger partial charge in [-0.1, -0.05) is 23.2 Å². The molecule has 0 unspecified atom stereocenters. The number of rotatable bonds is 0. The van der Waals surface area contributed by atoms with E-state index in [9.17, 15) is 5.11 Å². The molecule has 3 aromatic carbocycles. The van der Waals surface area contributed by atoms with Crippen LogP contribution < -0.4 is 0 Å². The van der Waals surface area contributed by atoms with Crippen LogP contribution in [0.1, 0.15) is 5.56 Å². The van der Waals surface area contributed by atoms with Crippen molar-refractivity contribution in [2.24, 2.45) is 0 Å². The fourth-order valence-electron chi connectivity index (χ4n) is 3.45. The third-order valence-corrected chi connectivity index (χ3v) is 4.79. The minimum absolute atomic E-state index is 0.249. The van der Waals surface area contributed by atoms with E-state index in [1.54, 1.807) is 0 Å². The topological polar surface area (TPSA) is 51.8 Å². The monoisotopic (exact) mass is 320 g/mol. The van der Waals surface area contributed by atoms with Gasteiger partial charge in [0.05, 0.1) is 11.0 Å². The smallest absolute Gasteiger partial charge is 0.164 e. The fraction of sp³-hybridized carbons (Fsp3) is 0.0526. The maximum atomic E-state index is 10.8. The molecule has 3 N–H and O–H groups in total. The summed E-state index contributed by atoms with van der Waals surface area (Å²) in [6.45, 7) is 2.07. The second-order valence-corrected chi connectivity index (χ2v) is 6.50. The second-order valence-electron chi connectivity index (χ2n) is 6.06. The van der Waals surface area contributed by atoms with Crippen molar-refractivity contribution in [2.45, 2.75) is 6.92 Å². The van der Waals surface area contributed by atoms with Gasteiger partial charge in [0.25, 0.3) is 0 Å². The number of phenols is 1. The Morgan fingerprint density at radius 3 is 2.09 bits per heavy atom. The molecule has 0 aliphatic carbocycles. The molecule has 0 fully saturated rings. The standard InChI is InChI=1S/C19H13ClN2O/c1-9-2-4-15-11(6-9)13-8-14-12-7-10(20)3-5-16(12)22-18(14)19(23)17(13)21-15/h2-8,21-23H,1H3. The highest BCUT2D eigenvalue weighted by Gasteiger charge is 2.15. The van der Waals surface area contributed by atoms with Crippen molar-refractivity contribution in [2.75, 3.05) is 0 Å². The van der Waals surface area contributed by atoms with Gasteiger partial charge < -0.3 is 15.1 Å². The minimum Gasteiger partial charge on any atom is -0.504 e. The molecule has 0 aliphatic rings. The van der Waals surface area contributed by atoms with Crippen LogP contribution >= 0.6 is 11.6 Å². The Morgan fingerprint density at radius 1 is 0.783 bits per heavy atom. The summed E-state index contributed by atoms with van der Waals surface area (Å²) in [6.07, 6.45) is 0. The molecule has 2 aromatic heterocycles. The van der Waals surface area contributed by atoms with Gasteiger partial charge in [-0.15, -0.1) is 0 Å². The number of aryl methyl sites for hydroxylation is 1. The summed E-state index contributed by atoms with van der Waals surface area (Å²) in [4.78, 5) is 6.62. The Labute approximate surface area is 136 Å². The molecular formula is C19H13ClN2O. The first-order chi connectivity index (χ1) is 11.1. The highest BCUT2D eigenvalue weighted by atomic mass is 35.5. The van der Waals surface area contributed by atoms with Gasteiger partial charge in [0.1, 0.15) is 0 Å². The van der Waals surface area contributed by atoms with Crippen LogP contribution in [0.2, 0.25) is 5.02 Å². The van der Waals surface area contributed by atoms with Crippen molar-refractivity contribution in [3.8, 4) is 5.75 Å². The Kier molecular flexibility index (Phi) is 2.35. The summed E-state index contributed by atoms with van der Waals surface area (Å²) in [5.41, 5.74) is 4.68. The molecule has 0 saturated carbocycles. The molecule has 0 radical (unpaired) electrons.